The first-order valence-corrected chi connectivity index (χ1v) is 7.69. The lowest BCUT2D eigenvalue weighted by atomic mass is 9.97. The monoisotopic (exact) mass is 276 g/mol. The molecule has 0 aliphatic heterocycles. The largest absolute Gasteiger partial charge is 0.316 e. The van der Waals surface area contributed by atoms with Crippen molar-refractivity contribution in [3.05, 3.63) is 35.4 Å². The molecule has 2 N–H and O–H groups in total. The van der Waals surface area contributed by atoms with E-state index in [9.17, 15) is 0 Å². The average Bonchev–Trinajstić information content (AvgIpc) is 2.31. The molecule has 1 aromatic carbocycles. The van der Waals surface area contributed by atoms with Gasteiger partial charge in [0, 0.05) is 18.6 Å². The highest BCUT2D eigenvalue weighted by Crippen LogP contribution is 2.10. The van der Waals surface area contributed by atoms with Crippen molar-refractivity contribution in [3.8, 4) is 0 Å². The van der Waals surface area contributed by atoms with Gasteiger partial charge in [-0.15, -0.1) is 0 Å². The van der Waals surface area contributed by atoms with Crippen molar-refractivity contribution in [1.29, 1.82) is 0 Å². The van der Waals surface area contributed by atoms with Crippen molar-refractivity contribution < 1.29 is 0 Å². The fraction of sp³-hybridized carbons (Fsp3) is 0.667. The zero-order chi connectivity index (χ0) is 15.2. The molecule has 1 rings (SSSR count). The van der Waals surface area contributed by atoms with Crippen LogP contribution in [0.15, 0.2) is 24.3 Å². The molecule has 2 nitrogen and oxygen atoms in total. The molecule has 0 saturated heterocycles. The number of rotatable bonds is 6. The van der Waals surface area contributed by atoms with E-state index in [4.69, 9.17) is 0 Å². The van der Waals surface area contributed by atoms with Gasteiger partial charge in [0.2, 0.25) is 0 Å². The molecule has 1 aromatic rings. The summed E-state index contributed by atoms with van der Waals surface area (Å²) in [7, 11) is 0. The van der Waals surface area contributed by atoms with Gasteiger partial charge in [-0.25, -0.2) is 0 Å². The fourth-order valence-electron chi connectivity index (χ4n) is 1.89. The van der Waals surface area contributed by atoms with Crippen molar-refractivity contribution in [3.63, 3.8) is 0 Å². The molecule has 0 fully saturated rings. The minimum atomic E-state index is 0.176. The quantitative estimate of drug-likeness (QED) is 0.773. The summed E-state index contributed by atoms with van der Waals surface area (Å²) in [4.78, 5) is 0. The third kappa shape index (κ3) is 8.34. The average molecular weight is 276 g/mol. The van der Waals surface area contributed by atoms with Crippen LogP contribution in [0.3, 0.4) is 0 Å². The molecule has 0 aliphatic rings. The van der Waals surface area contributed by atoms with Gasteiger partial charge in [0.25, 0.3) is 0 Å². The zero-order valence-electron chi connectivity index (χ0n) is 14.1. The van der Waals surface area contributed by atoms with Crippen LogP contribution in [0.5, 0.6) is 0 Å². The van der Waals surface area contributed by atoms with Gasteiger partial charge in [-0.2, -0.15) is 0 Å². The lowest BCUT2D eigenvalue weighted by molar-refractivity contribution is 0.381. The number of hydrogen-bond acceptors (Lipinski definition) is 2. The number of benzene rings is 1. The van der Waals surface area contributed by atoms with Gasteiger partial charge < -0.3 is 10.6 Å². The SMILES string of the molecule is CC(C)(C)CNCCc1ccc(CNC(C)(C)C)cc1. The molecule has 114 valence electrons. The van der Waals surface area contributed by atoms with Gasteiger partial charge >= 0.3 is 0 Å². The van der Waals surface area contributed by atoms with E-state index in [1.165, 1.54) is 11.1 Å². The summed E-state index contributed by atoms with van der Waals surface area (Å²) in [6, 6.07) is 8.96. The molecule has 0 amide bonds. The molecule has 0 bridgehead atoms. The van der Waals surface area contributed by atoms with Crippen LogP contribution in [0.1, 0.15) is 52.7 Å². The van der Waals surface area contributed by atoms with E-state index in [1.54, 1.807) is 0 Å². The molecule has 0 unspecified atom stereocenters. The van der Waals surface area contributed by atoms with Gasteiger partial charge in [-0.3, -0.25) is 0 Å². The Morgan fingerprint density at radius 1 is 0.850 bits per heavy atom. The second-order valence-corrected chi connectivity index (χ2v) is 7.91. The second kappa shape index (κ2) is 7.24. The summed E-state index contributed by atoms with van der Waals surface area (Å²) in [6.45, 7) is 16.4. The minimum absolute atomic E-state index is 0.176. The topological polar surface area (TPSA) is 24.1 Å². The minimum Gasteiger partial charge on any atom is -0.316 e. The van der Waals surface area contributed by atoms with Gasteiger partial charge in [0.15, 0.2) is 0 Å². The summed E-state index contributed by atoms with van der Waals surface area (Å²) in [6.07, 6.45) is 1.10. The van der Waals surface area contributed by atoms with Crippen molar-refractivity contribution in [2.24, 2.45) is 5.41 Å². The van der Waals surface area contributed by atoms with Crippen molar-refractivity contribution >= 4 is 0 Å². The van der Waals surface area contributed by atoms with E-state index < -0.39 is 0 Å². The normalized spacial score (nSPS) is 12.7. The van der Waals surface area contributed by atoms with E-state index in [2.05, 4.69) is 76.4 Å². The molecule has 0 spiro atoms. The predicted molar refractivity (Wildman–Crippen MR) is 89.1 cm³/mol. The maximum absolute atomic E-state index is 3.52. The Hall–Kier alpha value is -0.860. The van der Waals surface area contributed by atoms with Crippen molar-refractivity contribution in [1.82, 2.24) is 10.6 Å². The molecule has 0 heterocycles. The van der Waals surface area contributed by atoms with Crippen molar-refractivity contribution in [2.75, 3.05) is 13.1 Å². The first-order chi connectivity index (χ1) is 9.16. The highest BCUT2D eigenvalue weighted by Gasteiger charge is 2.09. The lowest BCUT2D eigenvalue weighted by Gasteiger charge is -2.20. The summed E-state index contributed by atoms with van der Waals surface area (Å²) in [5.74, 6) is 0. The van der Waals surface area contributed by atoms with Crippen LogP contribution in [0.25, 0.3) is 0 Å². The predicted octanol–water partition coefficient (Wildman–Crippen LogP) is 3.75. The molecule has 2 heteroatoms. The zero-order valence-corrected chi connectivity index (χ0v) is 14.1. The Bertz CT molecular complexity index is 379. The van der Waals surface area contributed by atoms with E-state index in [0.717, 1.165) is 26.1 Å². The van der Waals surface area contributed by atoms with E-state index >= 15 is 0 Å². The summed E-state index contributed by atoms with van der Waals surface area (Å²) >= 11 is 0. The maximum atomic E-state index is 3.52. The summed E-state index contributed by atoms with van der Waals surface area (Å²) < 4.78 is 0. The smallest absolute Gasteiger partial charge is 0.0210 e. The van der Waals surface area contributed by atoms with Gasteiger partial charge in [-0.05, 0) is 50.3 Å². The van der Waals surface area contributed by atoms with E-state index in [1.807, 2.05) is 0 Å². The van der Waals surface area contributed by atoms with Gasteiger partial charge in [0.1, 0.15) is 0 Å². The first-order valence-electron chi connectivity index (χ1n) is 7.69. The van der Waals surface area contributed by atoms with Gasteiger partial charge in [0.05, 0.1) is 0 Å². The second-order valence-electron chi connectivity index (χ2n) is 7.91. The van der Waals surface area contributed by atoms with Crippen LogP contribution < -0.4 is 10.6 Å². The number of hydrogen-bond donors (Lipinski definition) is 2. The van der Waals surface area contributed by atoms with Crippen LogP contribution in [-0.2, 0) is 13.0 Å². The first kappa shape index (κ1) is 17.2. The summed E-state index contributed by atoms with van der Waals surface area (Å²) in [5, 5.41) is 7.04. The number of nitrogens with one attached hydrogen (secondary N) is 2. The lowest BCUT2D eigenvalue weighted by Crippen LogP contribution is -2.35. The standard InChI is InChI=1S/C18H32N2/c1-17(2,3)14-19-12-11-15-7-9-16(10-8-15)13-20-18(4,5)6/h7-10,19-20H,11-14H2,1-6H3. The Balaban J connectivity index is 2.32. The van der Waals surface area contributed by atoms with Gasteiger partial charge in [-0.1, -0.05) is 45.0 Å². The Kier molecular flexibility index (Phi) is 6.22. The molecular formula is C18H32N2. The Morgan fingerprint density at radius 2 is 1.40 bits per heavy atom. The molecule has 20 heavy (non-hydrogen) atoms. The summed E-state index contributed by atoms with van der Waals surface area (Å²) in [5.41, 5.74) is 3.30. The molecule has 0 radical (unpaired) electrons. The highest BCUT2D eigenvalue weighted by atomic mass is 14.9. The van der Waals surface area contributed by atoms with E-state index in [0.29, 0.717) is 5.41 Å². The van der Waals surface area contributed by atoms with Crippen LogP contribution in [0, 0.1) is 5.41 Å². The molecule has 0 aliphatic carbocycles. The van der Waals surface area contributed by atoms with Crippen LogP contribution in [-0.4, -0.2) is 18.6 Å². The Morgan fingerprint density at radius 3 is 1.90 bits per heavy atom. The maximum Gasteiger partial charge on any atom is 0.0210 e. The third-order valence-electron chi connectivity index (χ3n) is 3.09. The third-order valence-corrected chi connectivity index (χ3v) is 3.09. The van der Waals surface area contributed by atoms with Crippen LogP contribution in [0.2, 0.25) is 0 Å². The van der Waals surface area contributed by atoms with Crippen LogP contribution >= 0.6 is 0 Å². The van der Waals surface area contributed by atoms with E-state index in [-0.39, 0.29) is 5.54 Å². The highest BCUT2D eigenvalue weighted by molar-refractivity contribution is 5.22. The van der Waals surface area contributed by atoms with Crippen molar-refractivity contribution in [2.45, 2.75) is 60.0 Å². The fourth-order valence-corrected chi connectivity index (χ4v) is 1.89. The molecule has 0 atom stereocenters. The Labute approximate surface area is 125 Å². The van der Waals surface area contributed by atoms with Crippen LogP contribution in [0.4, 0.5) is 0 Å². The molecular weight excluding hydrogens is 244 g/mol. The molecule has 0 aromatic heterocycles. The molecule has 0 saturated carbocycles.